The second kappa shape index (κ2) is 9.30. The average Bonchev–Trinajstić information content (AvgIpc) is 3.58. The van der Waals surface area contributed by atoms with Crippen molar-refractivity contribution in [1.82, 2.24) is 30.0 Å². The summed E-state index contributed by atoms with van der Waals surface area (Å²) in [6, 6.07) is 23.2. The number of fused-ring (bicyclic) bond motifs is 2. The highest BCUT2D eigenvalue weighted by Crippen LogP contribution is 2.35. The van der Waals surface area contributed by atoms with Crippen LogP contribution in [0.1, 0.15) is 24.8 Å². The van der Waals surface area contributed by atoms with Gasteiger partial charge >= 0.3 is 0 Å². The minimum Gasteiger partial charge on any atom is -0.353 e. The van der Waals surface area contributed by atoms with Crippen molar-refractivity contribution < 1.29 is 0 Å². The largest absolute Gasteiger partial charge is 0.353 e. The molecule has 2 N–H and O–H groups in total. The van der Waals surface area contributed by atoms with Gasteiger partial charge in [-0.2, -0.15) is 5.10 Å². The van der Waals surface area contributed by atoms with Gasteiger partial charge in [0.25, 0.3) is 0 Å². The SMILES string of the molecule is c1ccc(-c2cccc3[nH]c(-c4n[nH]c5ccc(-c6cncc(CN7CCCCC7)c6)cc45)cc23)nc1. The first-order valence-corrected chi connectivity index (χ1v) is 13.0. The highest BCUT2D eigenvalue weighted by molar-refractivity contribution is 6.01. The van der Waals surface area contributed by atoms with Crippen LogP contribution < -0.4 is 0 Å². The van der Waals surface area contributed by atoms with Crippen molar-refractivity contribution in [3.63, 3.8) is 0 Å². The number of nitrogens with zero attached hydrogens (tertiary/aromatic N) is 4. The zero-order valence-corrected chi connectivity index (χ0v) is 20.6. The molecule has 0 atom stereocenters. The van der Waals surface area contributed by atoms with Crippen molar-refractivity contribution >= 4 is 21.8 Å². The van der Waals surface area contributed by atoms with E-state index in [2.05, 4.69) is 73.5 Å². The lowest BCUT2D eigenvalue weighted by Gasteiger charge is -2.26. The normalized spacial score (nSPS) is 14.5. The van der Waals surface area contributed by atoms with Crippen molar-refractivity contribution in [2.45, 2.75) is 25.8 Å². The van der Waals surface area contributed by atoms with Crippen LogP contribution in [-0.4, -0.2) is 43.1 Å². The van der Waals surface area contributed by atoms with Gasteiger partial charge in [0.1, 0.15) is 5.69 Å². The van der Waals surface area contributed by atoms with E-state index in [0.717, 1.165) is 62.1 Å². The molecule has 6 nitrogen and oxygen atoms in total. The summed E-state index contributed by atoms with van der Waals surface area (Å²) in [6.45, 7) is 3.33. The third-order valence-corrected chi connectivity index (χ3v) is 7.41. The number of hydrogen-bond acceptors (Lipinski definition) is 4. The molecule has 6 aromatic rings. The molecule has 37 heavy (non-hydrogen) atoms. The summed E-state index contributed by atoms with van der Waals surface area (Å²) in [7, 11) is 0. The molecular weight excluding hydrogens is 456 g/mol. The molecule has 0 unspecified atom stereocenters. The molecule has 5 heterocycles. The second-order valence-corrected chi connectivity index (χ2v) is 9.92. The van der Waals surface area contributed by atoms with Crippen LogP contribution in [0.5, 0.6) is 0 Å². The van der Waals surface area contributed by atoms with Gasteiger partial charge in [-0.3, -0.25) is 20.0 Å². The molecule has 1 aliphatic rings. The van der Waals surface area contributed by atoms with Gasteiger partial charge in [0.05, 0.1) is 16.9 Å². The first-order chi connectivity index (χ1) is 18.3. The number of rotatable bonds is 5. The minimum atomic E-state index is 0.914. The van der Waals surface area contributed by atoms with Crippen molar-refractivity contribution in [3.8, 4) is 33.8 Å². The molecule has 0 aliphatic carbocycles. The van der Waals surface area contributed by atoms with Gasteiger partial charge in [0.2, 0.25) is 0 Å². The molecule has 4 aromatic heterocycles. The lowest BCUT2D eigenvalue weighted by molar-refractivity contribution is 0.220. The van der Waals surface area contributed by atoms with Crippen LogP contribution in [0, 0.1) is 0 Å². The Hall–Kier alpha value is -4.29. The average molecular weight is 485 g/mol. The van der Waals surface area contributed by atoms with Crippen LogP contribution in [0.2, 0.25) is 0 Å². The number of aromatic nitrogens is 5. The van der Waals surface area contributed by atoms with E-state index in [1.165, 1.54) is 37.9 Å². The molecule has 0 bridgehead atoms. The highest BCUT2D eigenvalue weighted by Gasteiger charge is 2.15. The third-order valence-electron chi connectivity index (χ3n) is 7.41. The van der Waals surface area contributed by atoms with Crippen LogP contribution >= 0.6 is 0 Å². The number of likely N-dealkylation sites (tertiary alicyclic amines) is 1. The number of pyridine rings is 2. The van der Waals surface area contributed by atoms with E-state index in [1.54, 1.807) is 0 Å². The standard InChI is InChI=1S/C31H28N6/c1-4-13-37(14-5-1)20-21-15-23(19-32-18-21)22-10-11-29-26(16-22)31(36-35-29)30-17-25-24(7-6-9-28(25)34-30)27-8-2-3-12-33-27/h2-3,6-12,15-19,34H,1,4-5,13-14,20H2,(H,35,36). The molecule has 2 aromatic carbocycles. The maximum absolute atomic E-state index is 4.70. The van der Waals surface area contributed by atoms with Gasteiger partial charge in [-0.05, 0) is 79.5 Å². The molecule has 7 rings (SSSR count). The summed E-state index contributed by atoms with van der Waals surface area (Å²) >= 11 is 0. The summed E-state index contributed by atoms with van der Waals surface area (Å²) < 4.78 is 0. The maximum atomic E-state index is 4.70. The zero-order chi connectivity index (χ0) is 24.6. The number of H-pyrrole nitrogens is 2. The monoisotopic (exact) mass is 484 g/mol. The Labute approximate surface area is 215 Å². The van der Waals surface area contributed by atoms with Gasteiger partial charge in [0, 0.05) is 52.6 Å². The Balaban J connectivity index is 1.26. The van der Waals surface area contributed by atoms with E-state index in [4.69, 9.17) is 5.10 Å². The van der Waals surface area contributed by atoms with Crippen molar-refractivity contribution in [2.24, 2.45) is 0 Å². The quantitative estimate of drug-likeness (QED) is 0.282. The number of benzene rings is 2. The van der Waals surface area contributed by atoms with E-state index in [9.17, 15) is 0 Å². The lowest BCUT2D eigenvalue weighted by Crippen LogP contribution is -2.29. The van der Waals surface area contributed by atoms with Crippen LogP contribution in [0.3, 0.4) is 0 Å². The Bertz CT molecular complexity index is 1690. The minimum absolute atomic E-state index is 0.914. The fourth-order valence-electron chi connectivity index (χ4n) is 5.53. The van der Waals surface area contributed by atoms with E-state index < -0.39 is 0 Å². The molecule has 1 fully saturated rings. The molecule has 6 heteroatoms. The molecule has 0 saturated carbocycles. The predicted molar refractivity (Wildman–Crippen MR) is 149 cm³/mol. The molecule has 0 radical (unpaired) electrons. The lowest BCUT2D eigenvalue weighted by atomic mass is 10.0. The second-order valence-electron chi connectivity index (χ2n) is 9.92. The van der Waals surface area contributed by atoms with E-state index >= 15 is 0 Å². The van der Waals surface area contributed by atoms with Gasteiger partial charge in [0.15, 0.2) is 0 Å². The fourth-order valence-corrected chi connectivity index (χ4v) is 5.53. The summed E-state index contributed by atoms with van der Waals surface area (Å²) in [6.07, 6.45) is 9.74. The molecule has 0 spiro atoms. The molecule has 182 valence electrons. The number of piperidine rings is 1. The number of aromatic amines is 2. The van der Waals surface area contributed by atoms with Gasteiger partial charge in [-0.15, -0.1) is 0 Å². The van der Waals surface area contributed by atoms with Crippen LogP contribution in [-0.2, 0) is 6.54 Å². The predicted octanol–water partition coefficient (Wildman–Crippen LogP) is 6.82. The summed E-state index contributed by atoms with van der Waals surface area (Å²) in [5.74, 6) is 0. The number of nitrogens with one attached hydrogen (secondary N) is 2. The summed E-state index contributed by atoms with van der Waals surface area (Å²) in [5.41, 5.74) is 9.61. The molecule has 0 amide bonds. The van der Waals surface area contributed by atoms with Gasteiger partial charge < -0.3 is 4.98 Å². The number of hydrogen-bond donors (Lipinski definition) is 2. The van der Waals surface area contributed by atoms with E-state index in [1.807, 2.05) is 36.8 Å². The molecular formula is C31H28N6. The maximum Gasteiger partial charge on any atom is 0.116 e. The third kappa shape index (κ3) is 4.19. The highest BCUT2D eigenvalue weighted by atomic mass is 15.1. The first kappa shape index (κ1) is 21.9. The summed E-state index contributed by atoms with van der Waals surface area (Å²) in [4.78, 5) is 15.3. The Morgan fingerprint density at radius 1 is 0.784 bits per heavy atom. The zero-order valence-electron chi connectivity index (χ0n) is 20.6. The summed E-state index contributed by atoms with van der Waals surface area (Å²) in [5, 5.41) is 10.1. The van der Waals surface area contributed by atoms with E-state index in [-0.39, 0.29) is 0 Å². The van der Waals surface area contributed by atoms with E-state index in [0.29, 0.717) is 0 Å². The first-order valence-electron chi connectivity index (χ1n) is 13.0. The Kier molecular flexibility index (Phi) is 5.52. The smallest absolute Gasteiger partial charge is 0.116 e. The van der Waals surface area contributed by atoms with Crippen molar-refractivity contribution in [3.05, 3.63) is 90.9 Å². The Morgan fingerprint density at radius 3 is 2.62 bits per heavy atom. The fraction of sp³-hybridized carbons (Fsp3) is 0.194. The van der Waals surface area contributed by atoms with Crippen molar-refractivity contribution in [2.75, 3.05) is 13.1 Å². The van der Waals surface area contributed by atoms with Crippen LogP contribution in [0.25, 0.3) is 55.6 Å². The Morgan fingerprint density at radius 2 is 1.73 bits per heavy atom. The van der Waals surface area contributed by atoms with Gasteiger partial charge in [-0.25, -0.2) is 0 Å². The topological polar surface area (TPSA) is 73.5 Å². The molecule has 1 aliphatic heterocycles. The van der Waals surface area contributed by atoms with Crippen LogP contribution in [0.4, 0.5) is 0 Å². The van der Waals surface area contributed by atoms with Crippen molar-refractivity contribution in [1.29, 1.82) is 0 Å². The van der Waals surface area contributed by atoms with Crippen LogP contribution in [0.15, 0.2) is 85.3 Å². The molecule has 1 saturated heterocycles. The van der Waals surface area contributed by atoms with Gasteiger partial charge in [-0.1, -0.05) is 30.7 Å².